The highest BCUT2D eigenvalue weighted by Crippen LogP contribution is 2.15. The van der Waals surface area contributed by atoms with E-state index in [0.717, 1.165) is 25.7 Å². The van der Waals surface area contributed by atoms with Crippen molar-refractivity contribution in [2.75, 3.05) is 0 Å². The van der Waals surface area contributed by atoms with Crippen molar-refractivity contribution in [2.24, 2.45) is 0 Å². The molecule has 0 aliphatic rings. The molecule has 0 radical (unpaired) electrons. The molecule has 0 aromatic heterocycles. The first kappa shape index (κ1) is 27.4. The molecule has 0 aromatic rings. The number of hydrogen-bond acceptors (Lipinski definition) is 2. The number of aliphatic carboxylic acids is 1. The third-order valence-electron chi connectivity index (χ3n) is 5.82. The van der Waals surface area contributed by atoms with E-state index in [1.807, 2.05) is 0 Å². The SMILES string of the molecule is CCCCCCCCCCCC(O)CCCCCCCCCCCCC(=O)O. The molecule has 168 valence electrons. The molecule has 0 aliphatic heterocycles. The van der Waals surface area contributed by atoms with Gasteiger partial charge in [-0.2, -0.15) is 0 Å². The van der Waals surface area contributed by atoms with Gasteiger partial charge in [0.2, 0.25) is 0 Å². The lowest BCUT2D eigenvalue weighted by molar-refractivity contribution is -0.137. The number of aliphatic hydroxyl groups is 1. The molecule has 0 fully saturated rings. The molecule has 0 aliphatic carbocycles. The van der Waals surface area contributed by atoms with Crippen molar-refractivity contribution >= 4 is 5.97 Å². The number of unbranched alkanes of at least 4 members (excludes halogenated alkanes) is 17. The van der Waals surface area contributed by atoms with E-state index < -0.39 is 5.97 Å². The summed E-state index contributed by atoms with van der Waals surface area (Å²) < 4.78 is 0. The van der Waals surface area contributed by atoms with Crippen molar-refractivity contribution in [3.8, 4) is 0 Å². The third-order valence-corrected chi connectivity index (χ3v) is 5.82. The summed E-state index contributed by atoms with van der Waals surface area (Å²) in [7, 11) is 0. The zero-order chi connectivity index (χ0) is 20.7. The number of carboxylic acid groups (broad SMARTS) is 1. The monoisotopic (exact) mass is 398 g/mol. The molecule has 0 bridgehead atoms. The molecular weight excluding hydrogens is 348 g/mol. The highest BCUT2D eigenvalue weighted by atomic mass is 16.4. The molecule has 0 rings (SSSR count). The molecular formula is C25H50O3. The fourth-order valence-corrected chi connectivity index (χ4v) is 3.91. The Morgan fingerprint density at radius 2 is 0.893 bits per heavy atom. The average Bonchev–Trinajstić information content (AvgIpc) is 2.67. The van der Waals surface area contributed by atoms with Gasteiger partial charge in [0.25, 0.3) is 0 Å². The summed E-state index contributed by atoms with van der Waals surface area (Å²) in [6.45, 7) is 2.27. The van der Waals surface area contributed by atoms with Gasteiger partial charge >= 0.3 is 5.97 Å². The molecule has 28 heavy (non-hydrogen) atoms. The standard InChI is InChI=1S/C25H50O3/c1-2-3-4-5-6-9-12-15-18-21-24(26)22-19-16-13-10-7-8-11-14-17-20-23-25(27)28/h24,26H,2-23H2,1H3,(H,27,28). The smallest absolute Gasteiger partial charge is 0.303 e. The molecule has 0 heterocycles. The van der Waals surface area contributed by atoms with Crippen LogP contribution in [-0.4, -0.2) is 22.3 Å². The Bertz CT molecular complexity index is 317. The van der Waals surface area contributed by atoms with Crippen molar-refractivity contribution in [2.45, 2.75) is 154 Å². The van der Waals surface area contributed by atoms with E-state index in [1.165, 1.54) is 109 Å². The minimum absolute atomic E-state index is 0.0737. The topological polar surface area (TPSA) is 57.5 Å². The summed E-state index contributed by atoms with van der Waals surface area (Å²) >= 11 is 0. The fourth-order valence-electron chi connectivity index (χ4n) is 3.91. The highest BCUT2D eigenvalue weighted by molar-refractivity contribution is 5.66. The maximum Gasteiger partial charge on any atom is 0.303 e. The molecule has 1 unspecified atom stereocenters. The number of carboxylic acids is 1. The van der Waals surface area contributed by atoms with Crippen LogP contribution in [0.2, 0.25) is 0 Å². The summed E-state index contributed by atoms with van der Waals surface area (Å²) in [5.74, 6) is -0.668. The minimum Gasteiger partial charge on any atom is -0.481 e. The van der Waals surface area contributed by atoms with E-state index in [4.69, 9.17) is 5.11 Å². The van der Waals surface area contributed by atoms with Crippen LogP contribution < -0.4 is 0 Å². The molecule has 0 saturated carbocycles. The largest absolute Gasteiger partial charge is 0.481 e. The fraction of sp³-hybridized carbons (Fsp3) is 0.960. The van der Waals surface area contributed by atoms with E-state index >= 15 is 0 Å². The Kier molecular flexibility index (Phi) is 22.3. The van der Waals surface area contributed by atoms with E-state index in [-0.39, 0.29) is 6.10 Å². The lowest BCUT2D eigenvalue weighted by Gasteiger charge is -2.10. The molecule has 2 N–H and O–H groups in total. The summed E-state index contributed by atoms with van der Waals surface area (Å²) in [6.07, 6.45) is 26.3. The van der Waals surface area contributed by atoms with Crippen molar-refractivity contribution in [3.05, 3.63) is 0 Å². The van der Waals surface area contributed by atoms with Crippen molar-refractivity contribution in [1.82, 2.24) is 0 Å². The zero-order valence-electron chi connectivity index (χ0n) is 18.9. The first-order valence-corrected chi connectivity index (χ1v) is 12.6. The van der Waals surface area contributed by atoms with Crippen LogP contribution in [0.3, 0.4) is 0 Å². The van der Waals surface area contributed by atoms with Gasteiger partial charge in [0, 0.05) is 6.42 Å². The van der Waals surface area contributed by atoms with Gasteiger partial charge in [0.1, 0.15) is 0 Å². The Hall–Kier alpha value is -0.570. The van der Waals surface area contributed by atoms with Crippen LogP contribution in [0, 0.1) is 0 Å². The van der Waals surface area contributed by atoms with Gasteiger partial charge in [0.15, 0.2) is 0 Å². The first-order valence-electron chi connectivity index (χ1n) is 12.6. The quantitative estimate of drug-likeness (QED) is 0.171. The molecule has 0 spiro atoms. The Morgan fingerprint density at radius 1 is 0.571 bits per heavy atom. The number of aliphatic hydroxyl groups excluding tert-OH is 1. The Morgan fingerprint density at radius 3 is 1.25 bits per heavy atom. The van der Waals surface area contributed by atoms with Crippen LogP contribution in [0.25, 0.3) is 0 Å². The van der Waals surface area contributed by atoms with E-state index in [1.54, 1.807) is 0 Å². The Labute approximate surface area is 175 Å². The van der Waals surface area contributed by atoms with Crippen LogP contribution in [0.4, 0.5) is 0 Å². The van der Waals surface area contributed by atoms with Gasteiger partial charge in [-0.05, 0) is 19.3 Å². The Balaban J connectivity index is 3.15. The lowest BCUT2D eigenvalue weighted by Crippen LogP contribution is -2.05. The molecule has 1 atom stereocenters. The molecule has 0 amide bonds. The summed E-state index contributed by atoms with van der Waals surface area (Å²) in [4.78, 5) is 10.4. The maximum absolute atomic E-state index is 10.4. The van der Waals surface area contributed by atoms with Gasteiger partial charge < -0.3 is 10.2 Å². The van der Waals surface area contributed by atoms with Crippen LogP contribution in [0.15, 0.2) is 0 Å². The van der Waals surface area contributed by atoms with Gasteiger partial charge in [-0.15, -0.1) is 0 Å². The maximum atomic E-state index is 10.4. The molecule has 3 heteroatoms. The van der Waals surface area contributed by atoms with Gasteiger partial charge in [-0.3, -0.25) is 4.79 Å². The lowest BCUT2D eigenvalue weighted by atomic mass is 10.0. The first-order chi connectivity index (χ1) is 13.7. The van der Waals surface area contributed by atoms with Crippen LogP contribution in [-0.2, 0) is 4.79 Å². The molecule has 3 nitrogen and oxygen atoms in total. The second-order valence-electron chi connectivity index (χ2n) is 8.74. The minimum atomic E-state index is -0.668. The second kappa shape index (κ2) is 22.7. The van der Waals surface area contributed by atoms with Crippen molar-refractivity contribution in [1.29, 1.82) is 0 Å². The average molecular weight is 399 g/mol. The zero-order valence-corrected chi connectivity index (χ0v) is 18.9. The summed E-state index contributed by atoms with van der Waals surface area (Å²) in [5, 5.41) is 18.7. The summed E-state index contributed by atoms with van der Waals surface area (Å²) in [5.41, 5.74) is 0. The van der Waals surface area contributed by atoms with Crippen molar-refractivity contribution < 1.29 is 15.0 Å². The second-order valence-corrected chi connectivity index (χ2v) is 8.74. The van der Waals surface area contributed by atoms with E-state index in [9.17, 15) is 9.90 Å². The molecule has 0 aromatic carbocycles. The van der Waals surface area contributed by atoms with Crippen molar-refractivity contribution in [3.63, 3.8) is 0 Å². The van der Waals surface area contributed by atoms with Gasteiger partial charge in [-0.25, -0.2) is 0 Å². The third kappa shape index (κ3) is 23.5. The van der Waals surface area contributed by atoms with Gasteiger partial charge in [-0.1, -0.05) is 122 Å². The van der Waals surface area contributed by atoms with Crippen LogP contribution >= 0.6 is 0 Å². The predicted octanol–water partition coefficient (Wildman–Crippen LogP) is 8.03. The van der Waals surface area contributed by atoms with Crippen LogP contribution in [0.1, 0.15) is 148 Å². The molecule has 0 saturated heterocycles. The normalized spacial score (nSPS) is 12.4. The highest BCUT2D eigenvalue weighted by Gasteiger charge is 2.04. The number of carbonyl (C=O) groups is 1. The number of rotatable bonds is 23. The number of hydrogen-bond donors (Lipinski definition) is 2. The predicted molar refractivity (Wildman–Crippen MR) is 121 cm³/mol. The van der Waals surface area contributed by atoms with E-state index in [0.29, 0.717) is 6.42 Å². The van der Waals surface area contributed by atoms with Gasteiger partial charge in [0.05, 0.1) is 6.10 Å². The van der Waals surface area contributed by atoms with Crippen LogP contribution in [0.5, 0.6) is 0 Å². The summed E-state index contributed by atoms with van der Waals surface area (Å²) in [6, 6.07) is 0. The van der Waals surface area contributed by atoms with E-state index in [2.05, 4.69) is 6.92 Å².